The fraction of sp³-hybridized carbons (Fsp3) is 0.571. The fourth-order valence-electron chi connectivity index (χ4n) is 2.18. The van der Waals surface area contributed by atoms with Crippen molar-refractivity contribution in [1.82, 2.24) is 0 Å². The monoisotopic (exact) mass is 366 g/mol. The molecule has 0 aromatic rings. The zero-order valence-corrected chi connectivity index (χ0v) is 16.0. The molecule has 0 aromatic carbocycles. The molecule has 0 aliphatic rings. The van der Waals surface area contributed by atoms with Gasteiger partial charge in [0.1, 0.15) is 0 Å². The van der Waals surface area contributed by atoms with Crippen LogP contribution in [-0.2, 0) is 9.53 Å². The highest BCUT2D eigenvalue weighted by atomic mass is 16.5. The number of rotatable bonds is 14. The van der Waals surface area contributed by atoms with Gasteiger partial charge in [-0.3, -0.25) is 4.79 Å². The molecular weight excluding hydrogens is 332 g/mol. The van der Waals surface area contributed by atoms with Crippen molar-refractivity contribution in [3.05, 3.63) is 48.6 Å². The molecule has 3 atom stereocenters. The lowest BCUT2D eigenvalue weighted by Crippen LogP contribution is -2.23. The number of allylic oxidation sites excluding steroid dienone is 6. The summed E-state index contributed by atoms with van der Waals surface area (Å²) in [6, 6.07) is 0. The summed E-state index contributed by atoms with van der Waals surface area (Å²) in [5.74, 6) is -0.320. The number of unbranched alkanes of at least 4 members (excludes halogenated alkanes) is 2. The molecule has 0 aromatic heterocycles. The number of carbonyl (C=O) groups is 1. The summed E-state index contributed by atoms with van der Waals surface area (Å²) in [5.41, 5.74) is 0. The maximum atomic E-state index is 11.0. The van der Waals surface area contributed by atoms with Crippen molar-refractivity contribution in [3.63, 3.8) is 0 Å². The summed E-state index contributed by atoms with van der Waals surface area (Å²) < 4.78 is 4.52. The number of aliphatic hydroxyl groups is 3. The average molecular weight is 366 g/mol. The highest BCUT2D eigenvalue weighted by molar-refractivity contribution is 5.68. The predicted octanol–water partition coefficient (Wildman–Crippen LogP) is 3.22. The summed E-state index contributed by atoms with van der Waals surface area (Å²) in [7, 11) is 1.32. The number of carbonyl (C=O) groups excluding carboxylic acids is 1. The van der Waals surface area contributed by atoms with E-state index in [9.17, 15) is 20.1 Å². The smallest absolute Gasteiger partial charge is 0.305 e. The van der Waals surface area contributed by atoms with Crippen LogP contribution >= 0.6 is 0 Å². The van der Waals surface area contributed by atoms with Crippen LogP contribution in [0.5, 0.6) is 0 Å². The summed E-state index contributed by atoms with van der Waals surface area (Å²) in [6.45, 7) is 2.14. The summed E-state index contributed by atoms with van der Waals surface area (Å²) >= 11 is 0. The molecule has 0 aliphatic heterocycles. The molecule has 0 radical (unpaired) electrons. The Bertz CT molecular complexity index is 465. The molecule has 0 heterocycles. The van der Waals surface area contributed by atoms with Gasteiger partial charge in [-0.05, 0) is 19.3 Å². The minimum absolute atomic E-state index is 0.232. The number of ether oxygens (including phenoxy) is 1. The number of esters is 1. The van der Waals surface area contributed by atoms with Gasteiger partial charge in [0.05, 0.1) is 25.4 Å². The lowest BCUT2D eigenvalue weighted by molar-refractivity contribution is -0.140. The van der Waals surface area contributed by atoms with E-state index in [1.54, 1.807) is 24.3 Å². The lowest BCUT2D eigenvalue weighted by atomic mass is 10.1. The van der Waals surface area contributed by atoms with Gasteiger partial charge in [0.15, 0.2) is 0 Å². The third-order valence-corrected chi connectivity index (χ3v) is 3.80. The molecule has 0 saturated carbocycles. The number of aliphatic hydroxyl groups excluding tert-OH is 3. The Morgan fingerprint density at radius 1 is 0.885 bits per heavy atom. The SMILES string of the molecule is CCCCC[C@H](O)/C=C/C=C/C=C\C=C\[C@@H](O)[C@@H](O)CCCC(=O)OC. The Balaban J connectivity index is 3.98. The van der Waals surface area contributed by atoms with Crippen LogP contribution in [0.1, 0.15) is 51.9 Å². The molecule has 0 saturated heterocycles. The zero-order valence-electron chi connectivity index (χ0n) is 16.0. The molecule has 5 nitrogen and oxygen atoms in total. The predicted molar refractivity (Wildman–Crippen MR) is 105 cm³/mol. The fourth-order valence-corrected chi connectivity index (χ4v) is 2.18. The van der Waals surface area contributed by atoms with Gasteiger partial charge in [-0.2, -0.15) is 0 Å². The highest BCUT2D eigenvalue weighted by Crippen LogP contribution is 2.07. The highest BCUT2D eigenvalue weighted by Gasteiger charge is 2.13. The van der Waals surface area contributed by atoms with Crippen LogP contribution < -0.4 is 0 Å². The van der Waals surface area contributed by atoms with E-state index in [1.165, 1.54) is 13.2 Å². The van der Waals surface area contributed by atoms with Crippen LogP contribution in [0, 0.1) is 0 Å². The van der Waals surface area contributed by atoms with E-state index in [-0.39, 0.29) is 12.4 Å². The van der Waals surface area contributed by atoms with Crippen molar-refractivity contribution in [2.24, 2.45) is 0 Å². The van der Waals surface area contributed by atoms with Crippen LogP contribution in [0.4, 0.5) is 0 Å². The number of hydrogen-bond donors (Lipinski definition) is 3. The molecule has 0 amide bonds. The van der Waals surface area contributed by atoms with Crippen LogP contribution in [0.2, 0.25) is 0 Å². The molecule has 0 rings (SSSR count). The Morgan fingerprint density at radius 2 is 1.50 bits per heavy atom. The summed E-state index contributed by atoms with van der Waals surface area (Å²) in [6.07, 6.45) is 16.8. The minimum Gasteiger partial charge on any atom is -0.469 e. The third-order valence-electron chi connectivity index (χ3n) is 3.80. The zero-order chi connectivity index (χ0) is 19.6. The van der Waals surface area contributed by atoms with Crippen molar-refractivity contribution in [2.45, 2.75) is 70.2 Å². The molecule has 0 fully saturated rings. The molecular formula is C21H34O5. The van der Waals surface area contributed by atoms with Gasteiger partial charge in [-0.25, -0.2) is 0 Å². The second-order valence-electron chi connectivity index (χ2n) is 6.13. The van der Waals surface area contributed by atoms with Gasteiger partial charge in [0, 0.05) is 6.42 Å². The van der Waals surface area contributed by atoms with Crippen molar-refractivity contribution in [2.75, 3.05) is 7.11 Å². The molecule has 5 heteroatoms. The van der Waals surface area contributed by atoms with E-state index in [0.29, 0.717) is 12.8 Å². The molecule has 0 bridgehead atoms. The summed E-state index contributed by atoms with van der Waals surface area (Å²) in [5, 5.41) is 29.3. The molecule has 0 aliphatic carbocycles. The molecule has 3 N–H and O–H groups in total. The minimum atomic E-state index is -0.973. The number of hydrogen-bond acceptors (Lipinski definition) is 5. The molecule has 0 spiro atoms. The van der Waals surface area contributed by atoms with E-state index >= 15 is 0 Å². The first kappa shape index (κ1) is 24.3. The topological polar surface area (TPSA) is 87.0 Å². The van der Waals surface area contributed by atoms with E-state index in [4.69, 9.17) is 0 Å². The van der Waals surface area contributed by atoms with Gasteiger partial charge < -0.3 is 20.1 Å². The van der Waals surface area contributed by atoms with Crippen molar-refractivity contribution >= 4 is 5.97 Å². The van der Waals surface area contributed by atoms with Gasteiger partial charge in [0.2, 0.25) is 0 Å². The van der Waals surface area contributed by atoms with Crippen molar-refractivity contribution in [3.8, 4) is 0 Å². The Kier molecular flexibility index (Phi) is 15.7. The number of methoxy groups -OCH3 is 1. The molecule has 26 heavy (non-hydrogen) atoms. The average Bonchev–Trinajstić information content (AvgIpc) is 2.63. The molecule has 148 valence electrons. The van der Waals surface area contributed by atoms with E-state index < -0.39 is 18.3 Å². The summed E-state index contributed by atoms with van der Waals surface area (Å²) in [4.78, 5) is 11.0. The van der Waals surface area contributed by atoms with Gasteiger partial charge >= 0.3 is 5.97 Å². The van der Waals surface area contributed by atoms with E-state index in [0.717, 1.165) is 25.7 Å². The largest absolute Gasteiger partial charge is 0.469 e. The van der Waals surface area contributed by atoms with Crippen LogP contribution in [0.25, 0.3) is 0 Å². The maximum absolute atomic E-state index is 11.0. The quantitative estimate of drug-likeness (QED) is 0.250. The van der Waals surface area contributed by atoms with E-state index in [1.807, 2.05) is 18.2 Å². The van der Waals surface area contributed by atoms with Crippen LogP contribution in [0.15, 0.2) is 48.6 Å². The maximum Gasteiger partial charge on any atom is 0.305 e. The second-order valence-corrected chi connectivity index (χ2v) is 6.13. The molecule has 0 unspecified atom stereocenters. The Hall–Kier alpha value is -1.69. The van der Waals surface area contributed by atoms with Crippen molar-refractivity contribution < 1.29 is 24.9 Å². The third kappa shape index (κ3) is 14.6. The first-order valence-electron chi connectivity index (χ1n) is 9.30. The first-order valence-corrected chi connectivity index (χ1v) is 9.30. The Labute approximate surface area is 157 Å². The first-order chi connectivity index (χ1) is 12.5. The lowest BCUT2D eigenvalue weighted by Gasteiger charge is -2.13. The van der Waals surface area contributed by atoms with Crippen LogP contribution in [-0.4, -0.2) is 46.7 Å². The Morgan fingerprint density at radius 3 is 2.12 bits per heavy atom. The van der Waals surface area contributed by atoms with Crippen LogP contribution in [0.3, 0.4) is 0 Å². The van der Waals surface area contributed by atoms with Gasteiger partial charge in [0.25, 0.3) is 0 Å². The standard InChI is InChI=1S/C21H34O5/c1-3-4-9-13-18(22)14-10-7-5-6-8-11-15-19(23)20(24)16-12-17-21(25)26-2/h5-8,10-11,14-15,18-20,22-24H,3-4,9,12-13,16-17H2,1-2H3/b7-5+,8-6-,14-10+,15-11+/t18-,19+,20-/m0/s1. The van der Waals surface area contributed by atoms with Gasteiger partial charge in [-0.15, -0.1) is 0 Å². The van der Waals surface area contributed by atoms with Gasteiger partial charge in [-0.1, -0.05) is 74.8 Å². The van der Waals surface area contributed by atoms with E-state index in [2.05, 4.69) is 11.7 Å². The van der Waals surface area contributed by atoms with Crippen molar-refractivity contribution in [1.29, 1.82) is 0 Å². The second kappa shape index (κ2) is 16.8. The normalized spacial score (nSPS) is 16.0.